The minimum Gasteiger partial charge on any atom is -0.212 e. The molecule has 82 valence electrons. The molecule has 0 amide bonds. The number of nitrogens with zero attached hydrogens (tertiary/aromatic N) is 1. The number of hydrogen-bond donors (Lipinski definition) is 0. The molecule has 0 aromatic heterocycles. The van der Waals surface area contributed by atoms with Gasteiger partial charge in [-0.15, -0.1) is 0 Å². The molecular weight excluding hydrogens is 234 g/mol. The van der Waals surface area contributed by atoms with E-state index in [2.05, 4.69) is 0 Å². The highest BCUT2D eigenvalue weighted by molar-refractivity contribution is 7.88. The molecule has 0 unspecified atom stereocenters. The number of hydrogen-bond acceptors (Lipinski definition) is 2. The van der Waals surface area contributed by atoms with Crippen LogP contribution in [0.3, 0.4) is 0 Å². The molecular formula is C10H12ClNO2S. The Hall–Kier alpha value is -0.580. The van der Waals surface area contributed by atoms with Gasteiger partial charge < -0.3 is 0 Å². The van der Waals surface area contributed by atoms with Crippen LogP contribution in [0.2, 0.25) is 5.02 Å². The third-order valence-electron chi connectivity index (χ3n) is 2.64. The maximum atomic E-state index is 11.4. The summed E-state index contributed by atoms with van der Waals surface area (Å²) >= 11 is 6.04. The molecule has 1 aliphatic rings. The summed E-state index contributed by atoms with van der Waals surface area (Å²) in [6.07, 6.45) is 1.94. The Morgan fingerprint density at radius 3 is 2.80 bits per heavy atom. The highest BCUT2D eigenvalue weighted by Crippen LogP contribution is 2.26. The number of rotatable bonds is 1. The SMILES string of the molecule is CS(=O)(=O)N1CCc2c(Cl)cccc2C1. The van der Waals surface area contributed by atoms with Crippen LogP contribution in [0.15, 0.2) is 18.2 Å². The number of halogens is 1. The van der Waals surface area contributed by atoms with Gasteiger partial charge in [-0.05, 0) is 23.6 Å². The summed E-state index contributed by atoms with van der Waals surface area (Å²) in [6.45, 7) is 0.963. The second-order valence-electron chi connectivity index (χ2n) is 3.72. The zero-order valence-electron chi connectivity index (χ0n) is 8.40. The van der Waals surface area contributed by atoms with Crippen molar-refractivity contribution in [2.45, 2.75) is 13.0 Å². The topological polar surface area (TPSA) is 37.4 Å². The predicted octanol–water partition coefficient (Wildman–Crippen LogP) is 1.66. The first-order valence-electron chi connectivity index (χ1n) is 4.70. The summed E-state index contributed by atoms with van der Waals surface area (Å²) in [5.74, 6) is 0. The highest BCUT2D eigenvalue weighted by Gasteiger charge is 2.23. The van der Waals surface area contributed by atoms with Crippen molar-refractivity contribution in [1.82, 2.24) is 4.31 Å². The lowest BCUT2D eigenvalue weighted by molar-refractivity contribution is 0.395. The van der Waals surface area contributed by atoms with Gasteiger partial charge in [-0.3, -0.25) is 0 Å². The molecule has 1 aromatic rings. The Labute approximate surface area is 94.7 Å². The highest BCUT2D eigenvalue weighted by atomic mass is 35.5. The number of sulfonamides is 1. The van der Waals surface area contributed by atoms with Crippen LogP contribution in [0, 0.1) is 0 Å². The molecule has 0 spiro atoms. The Morgan fingerprint density at radius 1 is 1.40 bits per heavy atom. The Bertz CT molecular complexity index is 484. The predicted molar refractivity (Wildman–Crippen MR) is 60.4 cm³/mol. The lowest BCUT2D eigenvalue weighted by Crippen LogP contribution is -2.35. The molecule has 15 heavy (non-hydrogen) atoms. The molecule has 0 saturated carbocycles. The van der Waals surface area contributed by atoms with E-state index < -0.39 is 10.0 Å². The molecule has 3 nitrogen and oxygen atoms in total. The van der Waals surface area contributed by atoms with Crippen molar-refractivity contribution in [2.24, 2.45) is 0 Å². The third kappa shape index (κ3) is 2.17. The van der Waals surface area contributed by atoms with Gasteiger partial charge in [0.25, 0.3) is 0 Å². The zero-order chi connectivity index (χ0) is 11.1. The van der Waals surface area contributed by atoms with E-state index in [0.717, 1.165) is 16.1 Å². The van der Waals surface area contributed by atoms with Crippen LogP contribution in [0.5, 0.6) is 0 Å². The standard InChI is InChI=1S/C10H12ClNO2S/c1-15(13,14)12-6-5-9-8(7-12)3-2-4-10(9)11/h2-4H,5-7H2,1H3. The molecule has 0 N–H and O–H groups in total. The van der Waals surface area contributed by atoms with Crippen molar-refractivity contribution >= 4 is 21.6 Å². The van der Waals surface area contributed by atoms with Crippen LogP contribution in [0.4, 0.5) is 0 Å². The molecule has 5 heteroatoms. The van der Waals surface area contributed by atoms with Crippen LogP contribution in [-0.2, 0) is 23.0 Å². The van der Waals surface area contributed by atoms with E-state index >= 15 is 0 Å². The monoisotopic (exact) mass is 245 g/mol. The minimum absolute atomic E-state index is 0.439. The van der Waals surface area contributed by atoms with Gasteiger partial charge in [-0.25, -0.2) is 8.42 Å². The van der Waals surface area contributed by atoms with Crippen molar-refractivity contribution in [1.29, 1.82) is 0 Å². The molecule has 1 heterocycles. The van der Waals surface area contributed by atoms with E-state index in [1.165, 1.54) is 10.6 Å². The van der Waals surface area contributed by atoms with Crippen molar-refractivity contribution < 1.29 is 8.42 Å². The van der Waals surface area contributed by atoms with E-state index in [-0.39, 0.29) is 0 Å². The van der Waals surface area contributed by atoms with Crippen molar-refractivity contribution in [2.75, 3.05) is 12.8 Å². The van der Waals surface area contributed by atoms with Crippen LogP contribution in [0.1, 0.15) is 11.1 Å². The molecule has 0 aliphatic carbocycles. The summed E-state index contributed by atoms with van der Waals surface area (Å²) in [5, 5.41) is 0.737. The normalized spacial score (nSPS) is 17.5. The van der Waals surface area contributed by atoms with Gasteiger partial charge in [0.15, 0.2) is 0 Å². The fourth-order valence-electron chi connectivity index (χ4n) is 1.82. The first-order chi connectivity index (χ1) is 6.98. The van der Waals surface area contributed by atoms with E-state index in [9.17, 15) is 8.42 Å². The first-order valence-corrected chi connectivity index (χ1v) is 6.92. The van der Waals surface area contributed by atoms with Gasteiger partial charge in [-0.2, -0.15) is 4.31 Å². The summed E-state index contributed by atoms with van der Waals surface area (Å²) in [6, 6.07) is 5.63. The molecule has 0 bridgehead atoms. The fourth-order valence-corrected chi connectivity index (χ4v) is 2.91. The van der Waals surface area contributed by atoms with E-state index in [4.69, 9.17) is 11.6 Å². The van der Waals surface area contributed by atoms with Crippen LogP contribution < -0.4 is 0 Å². The smallest absolute Gasteiger partial charge is 0.211 e. The van der Waals surface area contributed by atoms with Crippen LogP contribution in [0.25, 0.3) is 0 Å². The van der Waals surface area contributed by atoms with Crippen LogP contribution >= 0.6 is 11.6 Å². The lowest BCUT2D eigenvalue weighted by Gasteiger charge is -2.27. The summed E-state index contributed by atoms with van der Waals surface area (Å²) < 4.78 is 24.2. The maximum absolute atomic E-state index is 11.4. The summed E-state index contributed by atoms with van der Waals surface area (Å²) in [7, 11) is -3.09. The lowest BCUT2D eigenvalue weighted by atomic mass is 10.0. The van der Waals surface area contributed by atoms with E-state index in [1.807, 2.05) is 18.2 Å². The maximum Gasteiger partial charge on any atom is 0.211 e. The van der Waals surface area contributed by atoms with Gasteiger partial charge in [-0.1, -0.05) is 23.7 Å². The molecule has 0 saturated heterocycles. The Balaban J connectivity index is 2.36. The number of fused-ring (bicyclic) bond motifs is 1. The second-order valence-corrected chi connectivity index (χ2v) is 6.11. The van der Waals surface area contributed by atoms with Crippen molar-refractivity contribution in [3.63, 3.8) is 0 Å². The van der Waals surface area contributed by atoms with Gasteiger partial charge in [0.05, 0.1) is 6.26 Å². The largest absolute Gasteiger partial charge is 0.212 e. The molecule has 0 fully saturated rings. The summed E-state index contributed by atoms with van der Waals surface area (Å²) in [5.41, 5.74) is 2.10. The fraction of sp³-hybridized carbons (Fsp3) is 0.400. The van der Waals surface area contributed by atoms with Crippen molar-refractivity contribution in [3.8, 4) is 0 Å². The molecule has 0 atom stereocenters. The molecule has 1 aliphatic heterocycles. The summed E-state index contributed by atoms with van der Waals surface area (Å²) in [4.78, 5) is 0. The third-order valence-corrected chi connectivity index (χ3v) is 4.25. The quantitative estimate of drug-likeness (QED) is 0.755. The molecule has 1 aromatic carbocycles. The van der Waals surface area contributed by atoms with Crippen LogP contribution in [-0.4, -0.2) is 25.5 Å². The molecule has 2 rings (SSSR count). The Morgan fingerprint density at radius 2 is 2.13 bits per heavy atom. The van der Waals surface area contributed by atoms with Gasteiger partial charge in [0.1, 0.15) is 0 Å². The average molecular weight is 246 g/mol. The van der Waals surface area contributed by atoms with Gasteiger partial charge in [0.2, 0.25) is 10.0 Å². The van der Waals surface area contributed by atoms with E-state index in [0.29, 0.717) is 19.5 Å². The molecule has 0 radical (unpaired) electrons. The average Bonchev–Trinajstić information content (AvgIpc) is 2.16. The second kappa shape index (κ2) is 3.77. The Kier molecular flexibility index (Phi) is 2.75. The number of benzene rings is 1. The van der Waals surface area contributed by atoms with Gasteiger partial charge >= 0.3 is 0 Å². The van der Waals surface area contributed by atoms with Gasteiger partial charge in [0, 0.05) is 18.1 Å². The first kappa shape index (κ1) is 10.9. The van der Waals surface area contributed by atoms with E-state index in [1.54, 1.807) is 0 Å². The van der Waals surface area contributed by atoms with Crippen molar-refractivity contribution in [3.05, 3.63) is 34.3 Å². The zero-order valence-corrected chi connectivity index (χ0v) is 9.98. The minimum atomic E-state index is -3.09.